The monoisotopic (exact) mass is 286 g/mol. The van der Waals surface area contributed by atoms with Crippen molar-refractivity contribution in [2.45, 2.75) is 51.5 Å². The minimum atomic E-state index is 0.197. The zero-order chi connectivity index (χ0) is 14.4. The van der Waals surface area contributed by atoms with Gasteiger partial charge >= 0.3 is 0 Å². The number of aromatic nitrogens is 2. The summed E-state index contributed by atoms with van der Waals surface area (Å²) in [5.41, 5.74) is 2.95. The molecule has 1 aromatic rings. The van der Waals surface area contributed by atoms with Crippen LogP contribution in [-0.2, 0) is 12.8 Å². The van der Waals surface area contributed by atoms with Gasteiger partial charge in [0.05, 0.1) is 0 Å². The van der Waals surface area contributed by atoms with Crippen LogP contribution in [0.1, 0.15) is 44.4 Å². The lowest BCUT2D eigenvalue weighted by Gasteiger charge is -2.37. The standard InChI is InChI=1S/C17H26N4/c1-17(2)14-9-18-8-12(14)10-21(17)16-13-6-4-3-5-7-15(13)19-11-20-16/h11-12,14,18H,3-10H2,1-2H3. The number of hydrogen-bond donors (Lipinski definition) is 1. The second kappa shape index (κ2) is 4.94. The van der Waals surface area contributed by atoms with Crippen LogP contribution >= 0.6 is 0 Å². The minimum Gasteiger partial charge on any atom is -0.350 e. The Balaban J connectivity index is 1.74. The van der Waals surface area contributed by atoms with Gasteiger partial charge in [0, 0.05) is 36.4 Å². The minimum absolute atomic E-state index is 0.197. The Morgan fingerprint density at radius 2 is 2.00 bits per heavy atom. The maximum absolute atomic E-state index is 4.73. The molecular weight excluding hydrogens is 260 g/mol. The molecule has 0 saturated carbocycles. The lowest BCUT2D eigenvalue weighted by Crippen LogP contribution is -2.45. The van der Waals surface area contributed by atoms with Crippen molar-refractivity contribution in [2.75, 3.05) is 24.5 Å². The second-order valence-electron chi connectivity index (χ2n) is 7.47. The fourth-order valence-corrected chi connectivity index (χ4v) is 4.69. The molecule has 0 radical (unpaired) electrons. The van der Waals surface area contributed by atoms with Crippen LogP contribution in [0, 0.1) is 11.8 Å². The molecule has 4 rings (SSSR count). The molecule has 0 bridgehead atoms. The summed E-state index contributed by atoms with van der Waals surface area (Å²) in [6.07, 6.45) is 7.98. The summed E-state index contributed by atoms with van der Waals surface area (Å²) in [6, 6.07) is 0. The van der Waals surface area contributed by atoms with E-state index < -0.39 is 0 Å². The summed E-state index contributed by atoms with van der Waals surface area (Å²) in [5, 5.41) is 3.56. The lowest BCUT2D eigenvalue weighted by molar-refractivity contribution is 0.355. The van der Waals surface area contributed by atoms with E-state index in [-0.39, 0.29) is 5.54 Å². The molecule has 4 heteroatoms. The predicted molar refractivity (Wildman–Crippen MR) is 84.6 cm³/mol. The smallest absolute Gasteiger partial charge is 0.135 e. The van der Waals surface area contributed by atoms with Crippen molar-refractivity contribution in [1.29, 1.82) is 0 Å². The van der Waals surface area contributed by atoms with Gasteiger partial charge in [-0.3, -0.25) is 0 Å². The molecule has 1 aliphatic carbocycles. The Morgan fingerprint density at radius 1 is 1.14 bits per heavy atom. The SMILES string of the molecule is CC1(C)C2CNCC2CN1c1ncnc2c1CCCCC2. The summed E-state index contributed by atoms with van der Waals surface area (Å²) in [5.74, 6) is 2.76. The van der Waals surface area contributed by atoms with Crippen LogP contribution in [0.4, 0.5) is 5.82 Å². The molecule has 3 aliphatic rings. The third kappa shape index (κ3) is 2.07. The number of nitrogens with one attached hydrogen (secondary N) is 1. The number of anilines is 1. The van der Waals surface area contributed by atoms with E-state index in [4.69, 9.17) is 4.98 Å². The maximum Gasteiger partial charge on any atom is 0.135 e. The molecule has 1 N–H and O–H groups in total. The Morgan fingerprint density at radius 3 is 2.86 bits per heavy atom. The Labute approximate surface area is 127 Å². The van der Waals surface area contributed by atoms with Gasteiger partial charge in [0.2, 0.25) is 0 Å². The number of hydrogen-bond acceptors (Lipinski definition) is 4. The molecular formula is C17H26N4. The fraction of sp³-hybridized carbons (Fsp3) is 0.765. The van der Waals surface area contributed by atoms with E-state index in [9.17, 15) is 0 Å². The number of rotatable bonds is 1. The first-order chi connectivity index (χ1) is 10.2. The largest absolute Gasteiger partial charge is 0.350 e. The highest BCUT2D eigenvalue weighted by Crippen LogP contribution is 2.44. The first-order valence-corrected chi connectivity index (χ1v) is 8.49. The molecule has 2 unspecified atom stereocenters. The molecule has 1 aromatic heterocycles. The van der Waals surface area contributed by atoms with Gasteiger partial charge in [-0.2, -0.15) is 0 Å². The zero-order valence-electron chi connectivity index (χ0n) is 13.2. The van der Waals surface area contributed by atoms with Crippen molar-refractivity contribution >= 4 is 5.82 Å². The van der Waals surface area contributed by atoms with Crippen molar-refractivity contribution in [3.63, 3.8) is 0 Å². The first-order valence-electron chi connectivity index (χ1n) is 8.49. The Bertz CT molecular complexity index is 540. The predicted octanol–water partition coefficient (Wildman–Crippen LogP) is 2.18. The van der Waals surface area contributed by atoms with Crippen molar-refractivity contribution in [2.24, 2.45) is 11.8 Å². The second-order valence-corrected chi connectivity index (χ2v) is 7.47. The first kappa shape index (κ1) is 13.5. The van der Waals surface area contributed by atoms with Gasteiger partial charge < -0.3 is 10.2 Å². The maximum atomic E-state index is 4.73. The van der Waals surface area contributed by atoms with Crippen LogP contribution in [0.5, 0.6) is 0 Å². The summed E-state index contributed by atoms with van der Waals surface area (Å²) in [4.78, 5) is 11.9. The molecule has 21 heavy (non-hydrogen) atoms. The Hall–Kier alpha value is -1.16. The van der Waals surface area contributed by atoms with E-state index >= 15 is 0 Å². The third-order valence-electron chi connectivity index (χ3n) is 5.97. The van der Waals surface area contributed by atoms with E-state index in [1.807, 2.05) is 0 Å². The molecule has 0 amide bonds. The van der Waals surface area contributed by atoms with E-state index in [2.05, 4.69) is 29.0 Å². The molecule has 3 heterocycles. The quantitative estimate of drug-likeness (QED) is 0.804. The average Bonchev–Trinajstić information content (AvgIpc) is 2.92. The van der Waals surface area contributed by atoms with Gasteiger partial charge in [0.25, 0.3) is 0 Å². The fourth-order valence-electron chi connectivity index (χ4n) is 4.69. The highest BCUT2D eigenvalue weighted by atomic mass is 15.3. The van der Waals surface area contributed by atoms with Crippen molar-refractivity contribution in [3.8, 4) is 0 Å². The summed E-state index contributed by atoms with van der Waals surface area (Å²) in [6.45, 7) is 8.26. The van der Waals surface area contributed by atoms with E-state index in [0.717, 1.165) is 44.3 Å². The summed E-state index contributed by atoms with van der Waals surface area (Å²) in [7, 11) is 0. The van der Waals surface area contributed by atoms with E-state index in [1.54, 1.807) is 6.33 Å². The van der Waals surface area contributed by atoms with Crippen LogP contribution in [0.15, 0.2) is 6.33 Å². The molecule has 2 saturated heterocycles. The Kier molecular flexibility index (Phi) is 3.18. The van der Waals surface area contributed by atoms with Gasteiger partial charge in [-0.15, -0.1) is 0 Å². The molecule has 4 nitrogen and oxygen atoms in total. The number of fused-ring (bicyclic) bond motifs is 2. The third-order valence-corrected chi connectivity index (χ3v) is 5.97. The van der Waals surface area contributed by atoms with Gasteiger partial charge in [-0.25, -0.2) is 9.97 Å². The topological polar surface area (TPSA) is 41.0 Å². The van der Waals surface area contributed by atoms with Crippen molar-refractivity contribution < 1.29 is 0 Å². The van der Waals surface area contributed by atoms with Gasteiger partial charge in [-0.1, -0.05) is 6.42 Å². The average molecular weight is 286 g/mol. The molecule has 2 aliphatic heterocycles. The molecule has 2 atom stereocenters. The molecule has 0 spiro atoms. The van der Waals surface area contributed by atoms with Crippen LogP contribution < -0.4 is 10.2 Å². The summed E-state index contributed by atoms with van der Waals surface area (Å²) >= 11 is 0. The van der Waals surface area contributed by atoms with Crippen LogP contribution in [0.2, 0.25) is 0 Å². The number of aryl methyl sites for hydroxylation is 1. The van der Waals surface area contributed by atoms with Crippen LogP contribution in [0.25, 0.3) is 0 Å². The highest BCUT2D eigenvalue weighted by molar-refractivity contribution is 5.53. The normalized spacial score (nSPS) is 30.9. The van der Waals surface area contributed by atoms with Crippen LogP contribution in [0.3, 0.4) is 0 Å². The van der Waals surface area contributed by atoms with Gasteiger partial charge in [-0.05, 0) is 51.4 Å². The number of nitrogens with zero attached hydrogens (tertiary/aromatic N) is 3. The lowest BCUT2D eigenvalue weighted by atomic mass is 9.84. The van der Waals surface area contributed by atoms with E-state index in [1.165, 1.54) is 36.3 Å². The van der Waals surface area contributed by atoms with E-state index in [0.29, 0.717) is 0 Å². The molecule has 0 aromatic carbocycles. The van der Waals surface area contributed by atoms with Crippen molar-refractivity contribution in [3.05, 3.63) is 17.6 Å². The highest BCUT2D eigenvalue weighted by Gasteiger charge is 2.50. The van der Waals surface area contributed by atoms with Gasteiger partial charge in [0.15, 0.2) is 0 Å². The van der Waals surface area contributed by atoms with Crippen molar-refractivity contribution in [1.82, 2.24) is 15.3 Å². The zero-order valence-corrected chi connectivity index (χ0v) is 13.2. The van der Waals surface area contributed by atoms with Crippen LogP contribution in [-0.4, -0.2) is 35.1 Å². The molecule has 2 fully saturated rings. The summed E-state index contributed by atoms with van der Waals surface area (Å²) < 4.78 is 0. The molecule has 114 valence electrons. The van der Waals surface area contributed by atoms with Gasteiger partial charge in [0.1, 0.15) is 12.1 Å².